The molecule has 0 aromatic heterocycles. The smallest absolute Gasteiger partial charge is 0.374 e. The van der Waals surface area contributed by atoms with E-state index in [0.717, 1.165) is 18.9 Å². The molecule has 0 spiro atoms. The largest absolute Gasteiger partial charge is 0.501 e. The topological polar surface area (TPSA) is 27.7 Å². The van der Waals surface area contributed by atoms with Crippen molar-refractivity contribution in [3.8, 4) is 0 Å². The molecule has 1 unspecified atom stereocenters. The van der Waals surface area contributed by atoms with Gasteiger partial charge in [0, 0.05) is 25.9 Å². The molecule has 0 fully saturated rings. The van der Waals surface area contributed by atoms with Crippen molar-refractivity contribution in [3.63, 3.8) is 0 Å². The quantitative estimate of drug-likeness (QED) is 0.419. The van der Waals surface area contributed by atoms with Gasteiger partial charge >= 0.3 is 8.80 Å². The summed E-state index contributed by atoms with van der Waals surface area (Å²) < 4.78 is 17.7. The summed E-state index contributed by atoms with van der Waals surface area (Å²) in [7, 11) is -2.56. The maximum absolute atomic E-state index is 6.34. The number of hydrogen-bond donors (Lipinski definition) is 0. The molecule has 5 heteroatoms. The lowest BCUT2D eigenvalue weighted by Gasteiger charge is -2.28. The number of hydrogen-bond acceptors (Lipinski definition) is 3. The Morgan fingerprint density at radius 1 is 1.00 bits per heavy atom. The Morgan fingerprint density at radius 2 is 1.59 bits per heavy atom. The van der Waals surface area contributed by atoms with E-state index < -0.39 is 8.80 Å². The molecule has 0 amide bonds. The van der Waals surface area contributed by atoms with Gasteiger partial charge in [-0.2, -0.15) is 0 Å². The van der Waals surface area contributed by atoms with Crippen LogP contribution in [0.25, 0.3) is 0 Å². The molecule has 1 aromatic rings. The average Bonchev–Trinajstić information content (AvgIpc) is 2.53. The van der Waals surface area contributed by atoms with E-state index >= 15 is 0 Å². The van der Waals surface area contributed by atoms with E-state index in [4.69, 9.17) is 24.9 Å². The Kier molecular flexibility index (Phi) is 9.29. The first-order valence-electron chi connectivity index (χ1n) is 8.25. The van der Waals surface area contributed by atoms with Gasteiger partial charge in [-0.1, -0.05) is 31.2 Å². The lowest BCUT2D eigenvalue weighted by atomic mass is 10.1. The third-order valence-electron chi connectivity index (χ3n) is 3.48. The lowest BCUT2D eigenvalue weighted by molar-refractivity contribution is 0.0714. The van der Waals surface area contributed by atoms with Crippen LogP contribution in [-0.4, -0.2) is 28.6 Å². The van der Waals surface area contributed by atoms with Gasteiger partial charge in [-0.05, 0) is 44.7 Å². The van der Waals surface area contributed by atoms with Crippen molar-refractivity contribution in [1.82, 2.24) is 0 Å². The van der Waals surface area contributed by atoms with Crippen molar-refractivity contribution >= 4 is 20.4 Å². The van der Waals surface area contributed by atoms with Crippen LogP contribution in [0.5, 0.6) is 0 Å². The number of rotatable bonds is 11. The first-order chi connectivity index (χ1) is 10.6. The van der Waals surface area contributed by atoms with E-state index in [9.17, 15) is 0 Å². The predicted molar refractivity (Wildman–Crippen MR) is 94.5 cm³/mol. The number of benzene rings is 1. The molecule has 1 atom stereocenters. The normalized spacial score (nSPS) is 13.3. The van der Waals surface area contributed by atoms with Gasteiger partial charge in [0.2, 0.25) is 0 Å². The van der Waals surface area contributed by atoms with Crippen LogP contribution in [0.2, 0.25) is 6.04 Å². The molecule has 0 saturated heterocycles. The van der Waals surface area contributed by atoms with Crippen LogP contribution in [0.15, 0.2) is 24.3 Å². The average molecular weight is 345 g/mol. The molecule has 0 saturated carbocycles. The number of alkyl halides is 1. The number of halogens is 1. The van der Waals surface area contributed by atoms with E-state index in [1.807, 2.05) is 20.8 Å². The summed E-state index contributed by atoms with van der Waals surface area (Å²) in [6, 6.07) is 9.27. The van der Waals surface area contributed by atoms with E-state index in [0.29, 0.717) is 19.8 Å². The highest BCUT2D eigenvalue weighted by atomic mass is 35.5. The van der Waals surface area contributed by atoms with Crippen LogP contribution in [0.3, 0.4) is 0 Å². The van der Waals surface area contributed by atoms with Gasteiger partial charge in [-0.25, -0.2) is 0 Å². The summed E-state index contributed by atoms with van der Waals surface area (Å²) in [5, 5.41) is 0.0765. The predicted octanol–water partition coefficient (Wildman–Crippen LogP) is 4.97. The van der Waals surface area contributed by atoms with Gasteiger partial charge < -0.3 is 13.3 Å². The van der Waals surface area contributed by atoms with Crippen molar-refractivity contribution in [2.75, 3.05) is 19.8 Å². The number of aryl methyl sites for hydroxylation is 1. The minimum atomic E-state index is -2.56. The Labute approximate surface area is 141 Å². The van der Waals surface area contributed by atoms with Crippen LogP contribution in [-0.2, 0) is 19.7 Å². The summed E-state index contributed by atoms with van der Waals surface area (Å²) in [6.45, 7) is 9.91. The molecule has 22 heavy (non-hydrogen) atoms. The van der Waals surface area contributed by atoms with Crippen LogP contribution in [0.4, 0.5) is 0 Å². The molecular formula is C17H29ClO3Si. The summed E-state index contributed by atoms with van der Waals surface area (Å²) >= 11 is 6.34. The van der Waals surface area contributed by atoms with Gasteiger partial charge in [-0.15, -0.1) is 11.6 Å². The maximum atomic E-state index is 6.34. The first kappa shape index (κ1) is 19.7. The van der Waals surface area contributed by atoms with Crippen LogP contribution in [0, 0.1) is 0 Å². The minimum absolute atomic E-state index is 0.0765. The van der Waals surface area contributed by atoms with Crippen molar-refractivity contribution in [3.05, 3.63) is 35.4 Å². The van der Waals surface area contributed by atoms with Gasteiger partial charge in [0.1, 0.15) is 0 Å². The molecule has 1 rings (SSSR count). The molecule has 0 aliphatic carbocycles. The lowest BCUT2D eigenvalue weighted by Crippen LogP contribution is -2.46. The van der Waals surface area contributed by atoms with Gasteiger partial charge in [0.05, 0.1) is 5.38 Å². The summed E-state index contributed by atoms with van der Waals surface area (Å²) in [5.74, 6) is 0. The molecule has 126 valence electrons. The molecule has 0 bridgehead atoms. The van der Waals surface area contributed by atoms with Gasteiger partial charge in [-0.3, -0.25) is 0 Å². The highest BCUT2D eigenvalue weighted by Gasteiger charge is 2.39. The summed E-state index contributed by atoms with van der Waals surface area (Å²) in [5.41, 5.74) is 2.44. The second kappa shape index (κ2) is 10.4. The molecule has 0 heterocycles. The van der Waals surface area contributed by atoms with Crippen LogP contribution in [0.1, 0.15) is 50.6 Å². The fourth-order valence-corrected chi connectivity index (χ4v) is 5.21. The molecule has 0 aliphatic heterocycles. The van der Waals surface area contributed by atoms with Crippen LogP contribution < -0.4 is 0 Å². The summed E-state index contributed by atoms with van der Waals surface area (Å²) in [4.78, 5) is 0. The second-order valence-electron chi connectivity index (χ2n) is 5.10. The third-order valence-corrected chi connectivity index (χ3v) is 7.09. The second-order valence-corrected chi connectivity index (χ2v) is 8.36. The van der Waals surface area contributed by atoms with Crippen molar-refractivity contribution < 1.29 is 13.3 Å². The Balaban J connectivity index is 2.79. The SMILES string of the molecule is CCO[Si](CCc1cccc(C(Cl)CC)c1)(OCC)OCC. The van der Waals surface area contributed by atoms with E-state index in [1.54, 1.807) is 0 Å². The first-order valence-corrected chi connectivity index (χ1v) is 10.6. The zero-order valence-electron chi connectivity index (χ0n) is 14.2. The summed E-state index contributed by atoms with van der Waals surface area (Å²) in [6.07, 6.45) is 1.81. The monoisotopic (exact) mass is 344 g/mol. The van der Waals surface area contributed by atoms with Crippen LogP contribution >= 0.6 is 11.6 Å². The zero-order valence-corrected chi connectivity index (χ0v) is 16.0. The highest BCUT2D eigenvalue weighted by Crippen LogP contribution is 2.26. The molecule has 0 radical (unpaired) electrons. The molecule has 0 aliphatic rings. The minimum Gasteiger partial charge on any atom is -0.374 e. The van der Waals surface area contributed by atoms with E-state index in [1.165, 1.54) is 11.1 Å². The standard InChI is InChI=1S/C17H29ClO3Si/c1-5-17(18)16-11-9-10-15(14-16)12-13-22(19-6-2,20-7-3)21-8-4/h9-11,14,17H,5-8,12-13H2,1-4H3. The Bertz CT molecular complexity index is 411. The van der Waals surface area contributed by atoms with E-state index in [-0.39, 0.29) is 5.38 Å². The molecule has 0 N–H and O–H groups in total. The van der Waals surface area contributed by atoms with E-state index in [2.05, 4.69) is 31.2 Å². The highest BCUT2D eigenvalue weighted by molar-refractivity contribution is 6.60. The fourth-order valence-electron chi connectivity index (χ4n) is 2.48. The molecular weight excluding hydrogens is 316 g/mol. The Hall–Kier alpha value is -0.393. The fraction of sp³-hybridized carbons (Fsp3) is 0.647. The molecule has 1 aromatic carbocycles. The molecule has 3 nitrogen and oxygen atoms in total. The van der Waals surface area contributed by atoms with Gasteiger partial charge in [0.25, 0.3) is 0 Å². The van der Waals surface area contributed by atoms with Crippen molar-refractivity contribution in [1.29, 1.82) is 0 Å². The van der Waals surface area contributed by atoms with Gasteiger partial charge in [0.15, 0.2) is 0 Å². The third kappa shape index (κ3) is 6.01. The zero-order chi connectivity index (χ0) is 16.4. The maximum Gasteiger partial charge on any atom is 0.501 e. The Morgan fingerprint density at radius 3 is 2.09 bits per heavy atom. The van der Waals surface area contributed by atoms with Crippen molar-refractivity contribution in [2.24, 2.45) is 0 Å². The van der Waals surface area contributed by atoms with Crippen molar-refractivity contribution in [2.45, 2.75) is 52.0 Å².